The molecule has 0 aromatic carbocycles. The second-order valence-electron chi connectivity index (χ2n) is 7.90. The molecule has 5 heteroatoms. The van der Waals surface area contributed by atoms with E-state index in [4.69, 9.17) is 9.31 Å². The SMILES string of the molecule is CC(C)(C)CCn1ccc(B2OC(C)(C)C(C)(C)O2)n1. The molecule has 1 aliphatic heterocycles. The standard InChI is InChI=1S/C15H27BN2O2/c1-13(2,3)9-11-18-10-8-12(17-18)16-19-14(4,5)15(6,7)20-16/h8,10H,9,11H2,1-7H3. The topological polar surface area (TPSA) is 36.3 Å². The molecule has 1 aromatic heterocycles. The van der Waals surface area contributed by atoms with Crippen molar-refractivity contribution in [3.8, 4) is 0 Å². The van der Waals surface area contributed by atoms with Gasteiger partial charge in [0.1, 0.15) is 0 Å². The molecule has 4 nitrogen and oxygen atoms in total. The Kier molecular flexibility index (Phi) is 3.80. The van der Waals surface area contributed by atoms with Crippen LogP contribution in [0.1, 0.15) is 54.9 Å². The predicted octanol–water partition coefficient (Wildman–Crippen LogP) is 2.62. The average molecular weight is 278 g/mol. The van der Waals surface area contributed by atoms with Gasteiger partial charge in [0.2, 0.25) is 0 Å². The zero-order chi connectivity index (χ0) is 15.2. The molecule has 0 atom stereocenters. The van der Waals surface area contributed by atoms with Crippen molar-refractivity contribution in [2.75, 3.05) is 0 Å². The Morgan fingerprint density at radius 1 is 1.15 bits per heavy atom. The Morgan fingerprint density at radius 3 is 2.20 bits per heavy atom. The first kappa shape index (κ1) is 15.6. The van der Waals surface area contributed by atoms with Crippen LogP contribution in [0.4, 0.5) is 0 Å². The molecule has 0 amide bonds. The highest BCUT2D eigenvalue weighted by molar-refractivity contribution is 6.61. The van der Waals surface area contributed by atoms with E-state index in [-0.39, 0.29) is 18.3 Å². The van der Waals surface area contributed by atoms with Crippen molar-refractivity contribution in [1.82, 2.24) is 9.78 Å². The number of rotatable bonds is 3. The van der Waals surface area contributed by atoms with Crippen LogP contribution in [0.25, 0.3) is 0 Å². The largest absolute Gasteiger partial charge is 0.516 e. The van der Waals surface area contributed by atoms with Gasteiger partial charge in [-0.15, -0.1) is 0 Å². The van der Waals surface area contributed by atoms with Gasteiger partial charge in [-0.25, -0.2) is 0 Å². The summed E-state index contributed by atoms with van der Waals surface area (Å²) in [4.78, 5) is 0. The quantitative estimate of drug-likeness (QED) is 0.797. The van der Waals surface area contributed by atoms with Crippen LogP contribution >= 0.6 is 0 Å². The van der Waals surface area contributed by atoms with Crippen LogP contribution in [-0.4, -0.2) is 28.1 Å². The van der Waals surface area contributed by atoms with E-state index in [1.54, 1.807) is 0 Å². The Morgan fingerprint density at radius 2 is 1.70 bits per heavy atom. The summed E-state index contributed by atoms with van der Waals surface area (Å²) in [5, 5.41) is 4.59. The summed E-state index contributed by atoms with van der Waals surface area (Å²) in [6.45, 7) is 15.9. The number of hydrogen-bond acceptors (Lipinski definition) is 3. The maximum Gasteiger partial charge on any atom is 0.516 e. The molecule has 1 aromatic rings. The van der Waals surface area contributed by atoms with Crippen LogP contribution in [0, 0.1) is 5.41 Å². The Labute approximate surface area is 123 Å². The Bertz CT molecular complexity index is 458. The highest BCUT2D eigenvalue weighted by Crippen LogP contribution is 2.36. The minimum absolute atomic E-state index is 0.313. The first-order valence-corrected chi connectivity index (χ1v) is 7.39. The zero-order valence-electron chi connectivity index (χ0n) is 13.9. The zero-order valence-corrected chi connectivity index (χ0v) is 13.9. The maximum atomic E-state index is 6.01. The van der Waals surface area contributed by atoms with Crippen LogP contribution in [0.5, 0.6) is 0 Å². The van der Waals surface area contributed by atoms with E-state index < -0.39 is 0 Å². The van der Waals surface area contributed by atoms with E-state index in [1.165, 1.54) is 0 Å². The van der Waals surface area contributed by atoms with Gasteiger partial charge < -0.3 is 9.31 Å². The summed E-state index contributed by atoms with van der Waals surface area (Å²) in [6.07, 6.45) is 3.10. The minimum atomic E-state index is -0.365. The Balaban J connectivity index is 2.04. The minimum Gasteiger partial charge on any atom is -0.398 e. The molecule has 112 valence electrons. The molecular formula is C15H27BN2O2. The molecule has 20 heavy (non-hydrogen) atoms. The highest BCUT2D eigenvalue weighted by Gasteiger charge is 2.52. The lowest BCUT2D eigenvalue weighted by molar-refractivity contribution is 0.00578. The van der Waals surface area contributed by atoms with E-state index in [9.17, 15) is 0 Å². The van der Waals surface area contributed by atoms with Gasteiger partial charge in [0.05, 0.1) is 16.8 Å². The molecule has 1 aliphatic rings. The summed E-state index contributed by atoms with van der Waals surface area (Å²) in [5.41, 5.74) is 0.549. The average Bonchev–Trinajstić information content (AvgIpc) is 2.79. The molecule has 0 aliphatic carbocycles. The van der Waals surface area contributed by atoms with Gasteiger partial charge in [0.25, 0.3) is 0 Å². The van der Waals surface area contributed by atoms with Crippen molar-refractivity contribution in [3.05, 3.63) is 12.3 Å². The molecule has 0 spiro atoms. The van der Waals surface area contributed by atoms with Crippen LogP contribution in [0.2, 0.25) is 0 Å². The van der Waals surface area contributed by atoms with Gasteiger partial charge >= 0.3 is 7.12 Å². The van der Waals surface area contributed by atoms with Crippen molar-refractivity contribution in [1.29, 1.82) is 0 Å². The fourth-order valence-corrected chi connectivity index (χ4v) is 2.04. The Hall–Kier alpha value is -0.805. The molecule has 2 heterocycles. The summed E-state index contributed by atoms with van der Waals surface area (Å²) in [5.74, 6) is 0. The first-order chi connectivity index (χ1) is 9.00. The first-order valence-electron chi connectivity index (χ1n) is 7.39. The number of hydrogen-bond donors (Lipinski definition) is 0. The van der Waals surface area contributed by atoms with E-state index in [1.807, 2.05) is 16.9 Å². The molecule has 0 radical (unpaired) electrons. The number of aryl methyl sites for hydroxylation is 1. The highest BCUT2D eigenvalue weighted by atomic mass is 16.7. The van der Waals surface area contributed by atoms with Gasteiger partial charge in [0, 0.05) is 12.7 Å². The number of nitrogens with zero attached hydrogens (tertiary/aromatic N) is 2. The smallest absolute Gasteiger partial charge is 0.398 e. The monoisotopic (exact) mass is 278 g/mol. The van der Waals surface area contributed by atoms with Crippen molar-refractivity contribution < 1.29 is 9.31 Å². The second-order valence-corrected chi connectivity index (χ2v) is 7.90. The normalized spacial score (nSPS) is 21.4. The fraction of sp³-hybridized carbons (Fsp3) is 0.800. The van der Waals surface area contributed by atoms with Crippen molar-refractivity contribution in [2.24, 2.45) is 5.41 Å². The van der Waals surface area contributed by atoms with Gasteiger partial charge in [-0.1, -0.05) is 20.8 Å². The van der Waals surface area contributed by atoms with Crippen molar-refractivity contribution in [3.63, 3.8) is 0 Å². The predicted molar refractivity (Wildman–Crippen MR) is 82.0 cm³/mol. The van der Waals surface area contributed by atoms with E-state index in [2.05, 4.69) is 53.6 Å². The third-order valence-electron chi connectivity index (χ3n) is 4.25. The summed E-state index contributed by atoms with van der Waals surface area (Å²) >= 11 is 0. The molecule has 2 rings (SSSR count). The second kappa shape index (κ2) is 4.88. The lowest BCUT2D eigenvalue weighted by Crippen LogP contribution is -2.41. The van der Waals surface area contributed by atoms with Crippen LogP contribution < -0.4 is 5.59 Å². The third-order valence-corrected chi connectivity index (χ3v) is 4.25. The molecular weight excluding hydrogens is 251 g/mol. The molecule has 0 unspecified atom stereocenters. The number of aromatic nitrogens is 2. The molecule has 0 bridgehead atoms. The molecule has 0 N–H and O–H groups in total. The van der Waals surface area contributed by atoms with Gasteiger partial charge in [-0.3, -0.25) is 4.68 Å². The van der Waals surface area contributed by atoms with Crippen molar-refractivity contribution >= 4 is 12.7 Å². The lowest BCUT2D eigenvalue weighted by Gasteiger charge is -2.32. The van der Waals surface area contributed by atoms with E-state index in [0.29, 0.717) is 5.41 Å². The molecule has 0 saturated carbocycles. The van der Waals surface area contributed by atoms with Gasteiger partial charge in [-0.2, -0.15) is 5.10 Å². The maximum absolute atomic E-state index is 6.01. The summed E-state index contributed by atoms with van der Waals surface area (Å²) in [6, 6.07) is 1.99. The molecule has 1 fully saturated rings. The van der Waals surface area contributed by atoms with Gasteiger partial charge in [-0.05, 0) is 45.6 Å². The van der Waals surface area contributed by atoms with Crippen LogP contribution in [0.3, 0.4) is 0 Å². The van der Waals surface area contributed by atoms with E-state index in [0.717, 1.165) is 18.6 Å². The fourth-order valence-electron chi connectivity index (χ4n) is 2.04. The third kappa shape index (κ3) is 3.26. The lowest BCUT2D eigenvalue weighted by atomic mass is 9.85. The van der Waals surface area contributed by atoms with Gasteiger partial charge in [0.15, 0.2) is 0 Å². The van der Waals surface area contributed by atoms with Crippen LogP contribution in [-0.2, 0) is 15.9 Å². The van der Waals surface area contributed by atoms with Crippen LogP contribution in [0.15, 0.2) is 12.3 Å². The summed E-state index contributed by atoms with van der Waals surface area (Å²) in [7, 11) is -0.365. The van der Waals surface area contributed by atoms with E-state index >= 15 is 0 Å². The summed E-state index contributed by atoms with van der Waals surface area (Å²) < 4.78 is 14.0. The molecule has 1 saturated heterocycles. The van der Waals surface area contributed by atoms with Crippen molar-refractivity contribution in [2.45, 2.75) is 72.6 Å².